The minimum Gasteiger partial charge on any atom is -0.497 e. The van der Waals surface area contributed by atoms with Gasteiger partial charge in [-0.1, -0.05) is 23.5 Å². The van der Waals surface area contributed by atoms with Gasteiger partial charge in [-0.05, 0) is 35.9 Å². The number of hydrogen-bond acceptors (Lipinski definition) is 5. The third kappa shape index (κ3) is 3.35. The van der Waals surface area contributed by atoms with Gasteiger partial charge in [-0.15, -0.1) is 0 Å². The van der Waals surface area contributed by atoms with Crippen LogP contribution in [0.4, 0.5) is 9.52 Å². The predicted octanol–water partition coefficient (Wildman–Crippen LogP) is 3.20. The van der Waals surface area contributed by atoms with Gasteiger partial charge in [0.1, 0.15) is 11.6 Å². The number of benzene rings is 2. The molecule has 5 nitrogen and oxygen atoms in total. The van der Waals surface area contributed by atoms with E-state index in [9.17, 15) is 9.18 Å². The summed E-state index contributed by atoms with van der Waals surface area (Å²) in [5.74, 6) is 0.541. The summed E-state index contributed by atoms with van der Waals surface area (Å²) in [7, 11) is 1.63. The van der Waals surface area contributed by atoms with Gasteiger partial charge in [-0.3, -0.25) is 4.79 Å². The molecule has 1 fully saturated rings. The molecule has 0 spiro atoms. The van der Waals surface area contributed by atoms with Crippen LogP contribution in [0.25, 0.3) is 10.2 Å². The van der Waals surface area contributed by atoms with Crippen molar-refractivity contribution in [1.29, 1.82) is 0 Å². The van der Waals surface area contributed by atoms with Crippen LogP contribution in [0.1, 0.15) is 5.56 Å². The monoisotopic (exact) mass is 371 g/mol. The third-order valence-electron chi connectivity index (χ3n) is 4.49. The van der Waals surface area contributed by atoms with Crippen LogP contribution in [0.2, 0.25) is 0 Å². The Balaban J connectivity index is 1.31. The quantitative estimate of drug-likeness (QED) is 0.748. The lowest BCUT2D eigenvalue weighted by Crippen LogP contribution is -2.53. The van der Waals surface area contributed by atoms with Crippen molar-refractivity contribution in [3.63, 3.8) is 0 Å². The largest absolute Gasteiger partial charge is 0.497 e. The van der Waals surface area contributed by atoms with Crippen LogP contribution in [-0.2, 0) is 11.3 Å². The Labute approximate surface area is 154 Å². The molecule has 1 saturated heterocycles. The topological polar surface area (TPSA) is 54.5 Å². The Morgan fingerprint density at radius 3 is 2.81 bits per heavy atom. The molecule has 2 aromatic carbocycles. The Bertz CT molecular complexity index is 936. The van der Waals surface area contributed by atoms with Crippen LogP contribution in [0, 0.1) is 11.7 Å². The number of hydrogen-bond donors (Lipinski definition) is 1. The van der Waals surface area contributed by atoms with Gasteiger partial charge < -0.3 is 15.0 Å². The van der Waals surface area contributed by atoms with Crippen LogP contribution in [-0.4, -0.2) is 31.1 Å². The number of aromatic nitrogens is 1. The molecular weight excluding hydrogens is 353 g/mol. The van der Waals surface area contributed by atoms with E-state index in [1.54, 1.807) is 13.2 Å². The van der Waals surface area contributed by atoms with Gasteiger partial charge >= 0.3 is 0 Å². The highest BCUT2D eigenvalue weighted by molar-refractivity contribution is 7.22. The summed E-state index contributed by atoms with van der Waals surface area (Å²) in [6.45, 7) is 1.77. The van der Waals surface area contributed by atoms with Crippen LogP contribution in [0.3, 0.4) is 0 Å². The number of carbonyl (C=O) groups excluding carboxylic acids is 1. The van der Waals surface area contributed by atoms with E-state index in [-0.39, 0.29) is 17.6 Å². The number of carbonyl (C=O) groups is 1. The van der Waals surface area contributed by atoms with Gasteiger partial charge in [-0.2, -0.15) is 0 Å². The van der Waals surface area contributed by atoms with Crippen LogP contribution in [0.5, 0.6) is 5.75 Å². The van der Waals surface area contributed by atoms with Crippen molar-refractivity contribution in [2.75, 3.05) is 25.1 Å². The highest BCUT2D eigenvalue weighted by atomic mass is 32.1. The van der Waals surface area contributed by atoms with Gasteiger partial charge in [0.2, 0.25) is 5.91 Å². The number of thiazole rings is 1. The summed E-state index contributed by atoms with van der Waals surface area (Å²) >= 11 is 1.45. The molecule has 7 heteroatoms. The van der Waals surface area contributed by atoms with Crippen molar-refractivity contribution in [3.05, 3.63) is 53.8 Å². The first-order chi connectivity index (χ1) is 12.6. The van der Waals surface area contributed by atoms with E-state index >= 15 is 0 Å². The van der Waals surface area contributed by atoms with Crippen molar-refractivity contribution in [3.8, 4) is 5.75 Å². The Morgan fingerprint density at radius 1 is 1.31 bits per heavy atom. The fourth-order valence-electron chi connectivity index (χ4n) is 2.90. The normalized spacial score (nSPS) is 14.3. The molecule has 0 atom stereocenters. The lowest BCUT2D eigenvalue weighted by Gasteiger charge is -2.37. The minimum absolute atomic E-state index is 0.0444. The molecule has 0 unspecified atom stereocenters. The van der Waals surface area contributed by atoms with Crippen molar-refractivity contribution in [1.82, 2.24) is 10.3 Å². The van der Waals surface area contributed by atoms with E-state index in [4.69, 9.17) is 4.74 Å². The Morgan fingerprint density at radius 2 is 2.08 bits per heavy atom. The Hall–Kier alpha value is -2.67. The van der Waals surface area contributed by atoms with Crippen LogP contribution >= 0.6 is 11.3 Å². The fourth-order valence-corrected chi connectivity index (χ4v) is 3.91. The minimum atomic E-state index is -0.257. The molecule has 1 aliphatic heterocycles. The zero-order valence-electron chi connectivity index (χ0n) is 14.2. The number of anilines is 1. The maximum atomic E-state index is 13.3. The molecule has 0 aliphatic carbocycles. The van der Waals surface area contributed by atoms with Crippen LogP contribution < -0.4 is 15.0 Å². The lowest BCUT2D eigenvalue weighted by molar-refractivity contribution is -0.125. The highest BCUT2D eigenvalue weighted by Crippen LogP contribution is 2.33. The smallest absolute Gasteiger partial charge is 0.226 e. The molecule has 3 aromatic rings. The maximum Gasteiger partial charge on any atom is 0.226 e. The molecule has 1 aliphatic rings. The summed E-state index contributed by atoms with van der Waals surface area (Å²) in [5, 5.41) is 3.81. The summed E-state index contributed by atoms with van der Waals surface area (Å²) < 4.78 is 19.2. The first-order valence-corrected chi connectivity index (χ1v) is 9.16. The molecule has 1 aromatic heterocycles. The number of fused-ring (bicyclic) bond motifs is 1. The number of nitrogens with one attached hydrogen (secondary N) is 1. The number of halogens is 1. The van der Waals surface area contributed by atoms with E-state index in [0.717, 1.165) is 26.7 Å². The molecule has 1 N–H and O–H groups in total. The molecule has 1 amide bonds. The highest BCUT2D eigenvalue weighted by Gasteiger charge is 2.34. The van der Waals surface area contributed by atoms with Crippen molar-refractivity contribution in [2.24, 2.45) is 5.92 Å². The summed E-state index contributed by atoms with van der Waals surface area (Å²) in [6, 6.07) is 12.2. The SMILES string of the molecule is COc1ccc(CNC(=O)C2CN(c3nc4ccc(F)cc4s3)C2)cc1. The van der Waals surface area contributed by atoms with Crippen molar-refractivity contribution >= 4 is 32.6 Å². The Kier molecular flexibility index (Phi) is 4.46. The first kappa shape index (κ1) is 16.8. The summed E-state index contributed by atoms with van der Waals surface area (Å²) in [4.78, 5) is 18.9. The second kappa shape index (κ2) is 6.92. The van der Waals surface area contributed by atoms with E-state index < -0.39 is 0 Å². The fraction of sp³-hybridized carbons (Fsp3) is 0.263. The average molecular weight is 371 g/mol. The number of amides is 1. The van der Waals surface area contributed by atoms with Crippen LogP contribution in [0.15, 0.2) is 42.5 Å². The van der Waals surface area contributed by atoms with E-state index in [0.29, 0.717) is 19.6 Å². The summed E-state index contributed by atoms with van der Waals surface area (Å²) in [5.41, 5.74) is 1.82. The zero-order valence-corrected chi connectivity index (χ0v) is 15.1. The summed E-state index contributed by atoms with van der Waals surface area (Å²) in [6.07, 6.45) is 0. The molecule has 26 heavy (non-hydrogen) atoms. The van der Waals surface area contributed by atoms with Gasteiger partial charge in [0.25, 0.3) is 0 Å². The number of ether oxygens (including phenoxy) is 1. The van der Waals surface area contributed by atoms with E-state index in [1.165, 1.54) is 23.5 Å². The van der Waals surface area contributed by atoms with Gasteiger partial charge in [0.05, 0.1) is 23.2 Å². The average Bonchev–Trinajstić information content (AvgIpc) is 3.01. The van der Waals surface area contributed by atoms with Crippen molar-refractivity contribution in [2.45, 2.75) is 6.54 Å². The molecule has 134 valence electrons. The molecular formula is C19H18FN3O2S. The maximum absolute atomic E-state index is 13.3. The molecule has 4 rings (SSSR count). The van der Waals surface area contributed by atoms with Gasteiger partial charge in [0, 0.05) is 19.6 Å². The number of methoxy groups -OCH3 is 1. The second-order valence-electron chi connectivity index (χ2n) is 6.28. The molecule has 0 radical (unpaired) electrons. The van der Waals surface area contributed by atoms with Crippen molar-refractivity contribution < 1.29 is 13.9 Å². The van der Waals surface area contributed by atoms with E-state index in [1.807, 2.05) is 24.3 Å². The molecule has 0 bridgehead atoms. The third-order valence-corrected chi connectivity index (χ3v) is 5.57. The van der Waals surface area contributed by atoms with Gasteiger partial charge in [0.15, 0.2) is 5.13 Å². The second-order valence-corrected chi connectivity index (χ2v) is 7.29. The first-order valence-electron chi connectivity index (χ1n) is 8.34. The number of nitrogens with zero attached hydrogens (tertiary/aromatic N) is 2. The predicted molar refractivity (Wildman–Crippen MR) is 100 cm³/mol. The number of rotatable bonds is 5. The standard InChI is InChI=1S/C19H18FN3O2S/c1-25-15-5-2-12(3-6-15)9-21-18(24)13-10-23(11-13)19-22-16-7-4-14(20)8-17(16)26-19/h2-8,13H,9-11H2,1H3,(H,21,24). The zero-order chi connectivity index (χ0) is 18.1. The van der Waals surface area contributed by atoms with Gasteiger partial charge in [-0.25, -0.2) is 9.37 Å². The lowest BCUT2D eigenvalue weighted by atomic mass is 10.00. The van der Waals surface area contributed by atoms with E-state index in [2.05, 4.69) is 15.2 Å². The molecule has 0 saturated carbocycles. The molecule has 2 heterocycles.